The van der Waals surface area contributed by atoms with E-state index in [9.17, 15) is 4.79 Å². The number of morpholine rings is 1. The summed E-state index contributed by atoms with van der Waals surface area (Å²) in [6.07, 6.45) is 1.60. The van der Waals surface area contributed by atoms with Gasteiger partial charge in [0.2, 0.25) is 5.91 Å². The number of hydrogen-bond donors (Lipinski definition) is 2. The first kappa shape index (κ1) is 14.4. The van der Waals surface area contributed by atoms with Gasteiger partial charge in [-0.05, 0) is 19.5 Å². The zero-order chi connectivity index (χ0) is 12.3. The lowest BCUT2D eigenvalue weighted by Crippen LogP contribution is -2.38. The predicted molar refractivity (Wildman–Crippen MR) is 68.0 cm³/mol. The molecular formula is C12H25N3O2. The lowest BCUT2D eigenvalue weighted by molar-refractivity contribution is -0.121. The summed E-state index contributed by atoms with van der Waals surface area (Å²) in [7, 11) is 0. The van der Waals surface area contributed by atoms with Gasteiger partial charge < -0.3 is 15.4 Å². The molecule has 2 N–H and O–H groups in total. The van der Waals surface area contributed by atoms with E-state index in [1.54, 1.807) is 0 Å². The van der Waals surface area contributed by atoms with Gasteiger partial charge in [-0.2, -0.15) is 0 Å². The molecule has 0 aromatic heterocycles. The summed E-state index contributed by atoms with van der Waals surface area (Å²) >= 11 is 0. The molecule has 0 aromatic carbocycles. The summed E-state index contributed by atoms with van der Waals surface area (Å²) in [5.41, 5.74) is 0. The highest BCUT2D eigenvalue weighted by molar-refractivity contribution is 5.75. The molecule has 1 heterocycles. The Kier molecular flexibility index (Phi) is 7.96. The Bertz CT molecular complexity index is 206. The van der Waals surface area contributed by atoms with Crippen LogP contribution in [0.5, 0.6) is 0 Å². The molecule has 0 bridgehead atoms. The van der Waals surface area contributed by atoms with Crippen LogP contribution < -0.4 is 10.6 Å². The fourth-order valence-corrected chi connectivity index (χ4v) is 1.82. The first-order valence-corrected chi connectivity index (χ1v) is 6.60. The van der Waals surface area contributed by atoms with Crippen molar-refractivity contribution in [1.29, 1.82) is 0 Å². The standard InChI is InChI=1S/C12H25N3O2/c1-2-13-6-4-12(16)14-5-3-7-15-8-10-17-11-9-15/h13H,2-11H2,1H3,(H,14,16). The zero-order valence-corrected chi connectivity index (χ0v) is 10.8. The average Bonchev–Trinajstić information content (AvgIpc) is 2.36. The Hall–Kier alpha value is -0.650. The number of ether oxygens (including phenoxy) is 1. The van der Waals surface area contributed by atoms with E-state index in [1.165, 1.54) is 0 Å². The van der Waals surface area contributed by atoms with E-state index in [0.29, 0.717) is 6.42 Å². The van der Waals surface area contributed by atoms with Crippen LogP contribution in [0, 0.1) is 0 Å². The summed E-state index contributed by atoms with van der Waals surface area (Å²) in [6.45, 7) is 9.29. The van der Waals surface area contributed by atoms with E-state index in [2.05, 4.69) is 15.5 Å². The summed E-state index contributed by atoms with van der Waals surface area (Å²) in [4.78, 5) is 13.8. The van der Waals surface area contributed by atoms with Gasteiger partial charge in [-0.1, -0.05) is 6.92 Å². The van der Waals surface area contributed by atoms with E-state index >= 15 is 0 Å². The van der Waals surface area contributed by atoms with Crippen molar-refractivity contribution in [2.24, 2.45) is 0 Å². The molecule has 0 unspecified atom stereocenters. The molecule has 5 heteroatoms. The van der Waals surface area contributed by atoms with Gasteiger partial charge in [-0.3, -0.25) is 9.69 Å². The zero-order valence-electron chi connectivity index (χ0n) is 10.8. The van der Waals surface area contributed by atoms with Gasteiger partial charge in [-0.15, -0.1) is 0 Å². The van der Waals surface area contributed by atoms with Crippen LogP contribution in [-0.2, 0) is 9.53 Å². The highest BCUT2D eigenvalue weighted by Crippen LogP contribution is 1.97. The Labute approximate surface area is 104 Å². The molecule has 1 saturated heterocycles. The molecular weight excluding hydrogens is 218 g/mol. The smallest absolute Gasteiger partial charge is 0.221 e. The maximum absolute atomic E-state index is 11.4. The van der Waals surface area contributed by atoms with Gasteiger partial charge >= 0.3 is 0 Å². The molecule has 0 aromatic rings. The van der Waals surface area contributed by atoms with E-state index in [0.717, 1.165) is 58.9 Å². The first-order valence-electron chi connectivity index (χ1n) is 6.60. The third-order valence-corrected chi connectivity index (χ3v) is 2.86. The normalized spacial score (nSPS) is 17.0. The van der Waals surface area contributed by atoms with Crippen molar-refractivity contribution >= 4 is 5.91 Å². The highest BCUT2D eigenvalue weighted by atomic mass is 16.5. The molecule has 17 heavy (non-hydrogen) atoms. The van der Waals surface area contributed by atoms with E-state index < -0.39 is 0 Å². The molecule has 0 spiro atoms. The van der Waals surface area contributed by atoms with Crippen molar-refractivity contribution in [3.05, 3.63) is 0 Å². The van der Waals surface area contributed by atoms with E-state index in [1.807, 2.05) is 6.92 Å². The van der Waals surface area contributed by atoms with Gasteiger partial charge in [0.05, 0.1) is 13.2 Å². The molecule has 1 rings (SSSR count). The van der Waals surface area contributed by atoms with Crippen molar-refractivity contribution in [2.45, 2.75) is 19.8 Å². The SMILES string of the molecule is CCNCCC(=O)NCCCN1CCOCC1. The van der Waals surface area contributed by atoms with Crippen LogP contribution in [0.4, 0.5) is 0 Å². The summed E-state index contributed by atoms with van der Waals surface area (Å²) < 4.78 is 5.28. The third-order valence-electron chi connectivity index (χ3n) is 2.86. The number of hydrogen-bond acceptors (Lipinski definition) is 4. The molecule has 1 aliphatic rings. The summed E-state index contributed by atoms with van der Waals surface area (Å²) in [6, 6.07) is 0. The van der Waals surface area contributed by atoms with Gasteiger partial charge in [-0.25, -0.2) is 0 Å². The van der Waals surface area contributed by atoms with Crippen LogP contribution >= 0.6 is 0 Å². The molecule has 0 aliphatic carbocycles. The number of carbonyl (C=O) groups is 1. The van der Waals surface area contributed by atoms with Crippen LogP contribution in [0.25, 0.3) is 0 Å². The second kappa shape index (κ2) is 9.39. The fraction of sp³-hybridized carbons (Fsp3) is 0.917. The van der Waals surface area contributed by atoms with Crippen molar-refractivity contribution in [3.63, 3.8) is 0 Å². The van der Waals surface area contributed by atoms with E-state index in [-0.39, 0.29) is 5.91 Å². The van der Waals surface area contributed by atoms with Crippen LogP contribution in [-0.4, -0.2) is 63.3 Å². The fourth-order valence-electron chi connectivity index (χ4n) is 1.82. The van der Waals surface area contributed by atoms with Gasteiger partial charge in [0.25, 0.3) is 0 Å². The van der Waals surface area contributed by atoms with Gasteiger partial charge in [0.15, 0.2) is 0 Å². The van der Waals surface area contributed by atoms with Crippen LogP contribution in [0.15, 0.2) is 0 Å². The molecule has 100 valence electrons. The van der Waals surface area contributed by atoms with Gasteiger partial charge in [0, 0.05) is 32.6 Å². The van der Waals surface area contributed by atoms with Crippen LogP contribution in [0.2, 0.25) is 0 Å². The van der Waals surface area contributed by atoms with Crippen molar-refractivity contribution < 1.29 is 9.53 Å². The molecule has 1 amide bonds. The number of nitrogens with zero attached hydrogens (tertiary/aromatic N) is 1. The Morgan fingerprint density at radius 1 is 1.29 bits per heavy atom. The Morgan fingerprint density at radius 3 is 2.76 bits per heavy atom. The van der Waals surface area contributed by atoms with Crippen LogP contribution in [0.1, 0.15) is 19.8 Å². The molecule has 0 atom stereocenters. The lowest BCUT2D eigenvalue weighted by Gasteiger charge is -2.26. The van der Waals surface area contributed by atoms with Gasteiger partial charge in [0.1, 0.15) is 0 Å². The second-order valence-electron chi connectivity index (χ2n) is 4.26. The Balaban J connectivity index is 1.90. The van der Waals surface area contributed by atoms with E-state index in [4.69, 9.17) is 4.74 Å². The number of rotatable bonds is 8. The lowest BCUT2D eigenvalue weighted by atomic mass is 10.3. The Morgan fingerprint density at radius 2 is 2.06 bits per heavy atom. The third kappa shape index (κ3) is 7.31. The maximum Gasteiger partial charge on any atom is 0.221 e. The van der Waals surface area contributed by atoms with Crippen molar-refractivity contribution in [1.82, 2.24) is 15.5 Å². The minimum Gasteiger partial charge on any atom is -0.379 e. The first-order chi connectivity index (χ1) is 8.33. The summed E-state index contributed by atoms with van der Waals surface area (Å²) in [5, 5.41) is 6.08. The highest BCUT2D eigenvalue weighted by Gasteiger charge is 2.09. The van der Waals surface area contributed by atoms with Crippen molar-refractivity contribution in [2.75, 3.05) is 52.5 Å². The van der Waals surface area contributed by atoms with Crippen molar-refractivity contribution in [3.8, 4) is 0 Å². The summed E-state index contributed by atoms with van der Waals surface area (Å²) in [5.74, 6) is 0.146. The number of carbonyl (C=O) groups excluding carboxylic acids is 1. The maximum atomic E-state index is 11.4. The minimum absolute atomic E-state index is 0.146. The molecule has 1 aliphatic heterocycles. The monoisotopic (exact) mass is 243 g/mol. The average molecular weight is 243 g/mol. The van der Waals surface area contributed by atoms with Crippen LogP contribution in [0.3, 0.4) is 0 Å². The topological polar surface area (TPSA) is 53.6 Å². The quantitative estimate of drug-likeness (QED) is 0.581. The molecule has 0 radical (unpaired) electrons. The molecule has 0 saturated carbocycles. The second-order valence-corrected chi connectivity index (χ2v) is 4.26. The molecule has 1 fully saturated rings. The number of nitrogens with one attached hydrogen (secondary N) is 2. The minimum atomic E-state index is 0.146. The largest absolute Gasteiger partial charge is 0.379 e. The molecule has 5 nitrogen and oxygen atoms in total. The number of amides is 1. The predicted octanol–water partition coefficient (Wildman–Crippen LogP) is -0.175.